The summed E-state index contributed by atoms with van der Waals surface area (Å²) in [4.78, 5) is 28.3. The lowest BCUT2D eigenvalue weighted by Crippen LogP contribution is -2.29. The Morgan fingerprint density at radius 3 is 2.33 bits per heavy atom. The average Bonchev–Trinajstić information content (AvgIpc) is 3.14. The van der Waals surface area contributed by atoms with Gasteiger partial charge in [-0.2, -0.15) is 0 Å². The average molecular weight is 486 g/mol. The lowest BCUT2D eigenvalue weighted by molar-refractivity contribution is -0.132. The highest BCUT2D eigenvalue weighted by Crippen LogP contribution is 2.45. The topological polar surface area (TPSA) is 76.1 Å². The zero-order chi connectivity index (χ0) is 26.0. The summed E-state index contributed by atoms with van der Waals surface area (Å²) in [5, 5.41) is 11.5. The number of rotatable bonds is 7. The molecule has 1 saturated heterocycles. The number of carbonyl (C=O) groups excluding carboxylic acids is 2. The number of aliphatic hydroxyl groups excluding tert-OH is 1. The molecule has 1 unspecified atom stereocenters. The van der Waals surface area contributed by atoms with Crippen LogP contribution in [0.2, 0.25) is 0 Å². The number of benzene rings is 3. The second kappa shape index (κ2) is 10.3. The summed E-state index contributed by atoms with van der Waals surface area (Å²) in [5.74, 6) is -0.314. The molecule has 1 aliphatic heterocycles. The number of hydrogen-bond acceptors (Lipinski definition) is 5. The fourth-order valence-corrected chi connectivity index (χ4v) is 4.58. The van der Waals surface area contributed by atoms with E-state index in [0.29, 0.717) is 29.2 Å². The zero-order valence-electron chi connectivity index (χ0n) is 21.2. The number of aliphatic hydroxyl groups is 1. The summed E-state index contributed by atoms with van der Waals surface area (Å²) in [6.07, 6.45) is 0. The molecular formula is C30H31NO5. The number of methoxy groups -OCH3 is 1. The summed E-state index contributed by atoms with van der Waals surface area (Å²) in [6, 6.07) is 19.1. The zero-order valence-corrected chi connectivity index (χ0v) is 21.2. The molecule has 0 aromatic heterocycles. The molecule has 36 heavy (non-hydrogen) atoms. The maximum Gasteiger partial charge on any atom is 0.300 e. The van der Waals surface area contributed by atoms with Gasteiger partial charge in [-0.15, -0.1) is 0 Å². The summed E-state index contributed by atoms with van der Waals surface area (Å²) in [7, 11) is 1.54. The normalized spacial score (nSPS) is 17.1. The van der Waals surface area contributed by atoms with Crippen molar-refractivity contribution in [1.29, 1.82) is 0 Å². The fourth-order valence-electron chi connectivity index (χ4n) is 4.58. The van der Waals surface area contributed by atoms with E-state index in [1.807, 2.05) is 64.1 Å². The van der Waals surface area contributed by atoms with Crippen LogP contribution >= 0.6 is 0 Å². The van der Waals surface area contributed by atoms with Gasteiger partial charge < -0.3 is 14.6 Å². The van der Waals surface area contributed by atoms with Crippen molar-refractivity contribution >= 4 is 23.1 Å². The van der Waals surface area contributed by atoms with Gasteiger partial charge in [0.2, 0.25) is 0 Å². The van der Waals surface area contributed by atoms with Crippen LogP contribution in [0.25, 0.3) is 5.76 Å². The van der Waals surface area contributed by atoms with E-state index in [1.54, 1.807) is 30.3 Å². The molecule has 1 atom stereocenters. The standard InChI is InChI=1S/C30H31NO5/c1-6-36-25-16-13-20(17-23(25)18(2)3)28(32)26-27(22-9-7-8-10-24(22)35-5)31(30(34)29(26)33)21-14-11-19(4)12-15-21/h7-18,27,32H,6H2,1-5H3/b28-26+. The van der Waals surface area contributed by atoms with Crippen molar-refractivity contribution in [1.82, 2.24) is 0 Å². The van der Waals surface area contributed by atoms with Gasteiger partial charge in [0.15, 0.2) is 0 Å². The van der Waals surface area contributed by atoms with Crippen LogP contribution in [0.5, 0.6) is 11.5 Å². The number of hydrogen-bond donors (Lipinski definition) is 1. The first-order chi connectivity index (χ1) is 17.3. The second-order valence-corrected chi connectivity index (χ2v) is 9.09. The molecule has 1 aliphatic rings. The third-order valence-corrected chi connectivity index (χ3v) is 6.40. The van der Waals surface area contributed by atoms with Crippen LogP contribution in [0.15, 0.2) is 72.3 Å². The molecule has 3 aromatic carbocycles. The highest BCUT2D eigenvalue weighted by atomic mass is 16.5. The molecule has 1 N–H and O–H groups in total. The Labute approximate surface area is 211 Å². The van der Waals surface area contributed by atoms with E-state index >= 15 is 0 Å². The van der Waals surface area contributed by atoms with E-state index in [9.17, 15) is 14.7 Å². The van der Waals surface area contributed by atoms with Gasteiger partial charge in [0.1, 0.15) is 17.3 Å². The fraction of sp³-hybridized carbons (Fsp3) is 0.267. The summed E-state index contributed by atoms with van der Waals surface area (Å²) in [5.41, 5.74) is 3.57. The SMILES string of the molecule is CCOc1ccc(/C(O)=C2\C(=O)C(=O)N(c3ccc(C)cc3)C2c2ccccc2OC)cc1C(C)C. The van der Waals surface area contributed by atoms with E-state index in [4.69, 9.17) is 9.47 Å². The Balaban J connectivity index is 1.96. The highest BCUT2D eigenvalue weighted by Gasteiger charge is 2.47. The molecular weight excluding hydrogens is 454 g/mol. The minimum atomic E-state index is -0.863. The van der Waals surface area contributed by atoms with Gasteiger partial charge in [-0.1, -0.05) is 49.7 Å². The molecule has 0 radical (unpaired) electrons. The van der Waals surface area contributed by atoms with E-state index in [2.05, 4.69) is 0 Å². The molecule has 4 rings (SSSR count). The van der Waals surface area contributed by atoms with Crippen LogP contribution in [0.1, 0.15) is 55.0 Å². The number of ketones is 1. The molecule has 1 amide bonds. The number of Topliss-reactive ketones (excluding diaryl/α,β-unsaturated/α-hetero) is 1. The van der Waals surface area contributed by atoms with Crippen molar-refractivity contribution in [3.05, 3.63) is 94.6 Å². The number of nitrogens with zero attached hydrogens (tertiary/aromatic N) is 1. The smallest absolute Gasteiger partial charge is 0.300 e. The van der Waals surface area contributed by atoms with Gasteiger partial charge in [0, 0.05) is 16.8 Å². The van der Waals surface area contributed by atoms with Gasteiger partial charge >= 0.3 is 0 Å². The predicted octanol–water partition coefficient (Wildman–Crippen LogP) is 6.15. The number of anilines is 1. The first kappa shape index (κ1) is 25.0. The monoisotopic (exact) mass is 485 g/mol. The van der Waals surface area contributed by atoms with E-state index in [1.165, 1.54) is 12.0 Å². The van der Waals surface area contributed by atoms with Crippen molar-refractivity contribution in [2.45, 2.75) is 39.7 Å². The molecule has 0 aliphatic carbocycles. The first-order valence-electron chi connectivity index (χ1n) is 12.1. The quantitative estimate of drug-likeness (QED) is 0.247. The van der Waals surface area contributed by atoms with Crippen molar-refractivity contribution in [2.75, 3.05) is 18.6 Å². The van der Waals surface area contributed by atoms with Gasteiger partial charge in [-0.3, -0.25) is 14.5 Å². The lowest BCUT2D eigenvalue weighted by atomic mass is 9.92. The number of aryl methyl sites for hydroxylation is 1. The minimum absolute atomic E-state index is 0.0175. The van der Waals surface area contributed by atoms with Crippen LogP contribution < -0.4 is 14.4 Å². The number of para-hydroxylation sites is 1. The minimum Gasteiger partial charge on any atom is -0.507 e. The highest BCUT2D eigenvalue weighted by molar-refractivity contribution is 6.51. The van der Waals surface area contributed by atoms with Crippen molar-refractivity contribution in [3.63, 3.8) is 0 Å². The van der Waals surface area contributed by atoms with E-state index in [-0.39, 0.29) is 17.3 Å². The Kier molecular flexibility index (Phi) is 7.15. The Morgan fingerprint density at radius 1 is 1.00 bits per heavy atom. The first-order valence-corrected chi connectivity index (χ1v) is 12.1. The third kappa shape index (κ3) is 4.47. The molecule has 1 heterocycles. The van der Waals surface area contributed by atoms with Crippen LogP contribution in [0.3, 0.4) is 0 Å². The molecule has 6 nitrogen and oxygen atoms in total. The molecule has 3 aromatic rings. The predicted molar refractivity (Wildman–Crippen MR) is 141 cm³/mol. The van der Waals surface area contributed by atoms with Gasteiger partial charge in [0.05, 0.1) is 25.3 Å². The number of amides is 1. The molecule has 0 spiro atoms. The molecule has 0 saturated carbocycles. The molecule has 186 valence electrons. The van der Waals surface area contributed by atoms with Gasteiger partial charge in [-0.05, 0) is 61.7 Å². The van der Waals surface area contributed by atoms with Crippen LogP contribution in [-0.4, -0.2) is 30.5 Å². The van der Waals surface area contributed by atoms with Gasteiger partial charge in [-0.25, -0.2) is 0 Å². The van der Waals surface area contributed by atoms with Crippen LogP contribution in [0, 0.1) is 6.92 Å². The van der Waals surface area contributed by atoms with Crippen molar-refractivity contribution in [3.8, 4) is 11.5 Å². The summed E-state index contributed by atoms with van der Waals surface area (Å²) < 4.78 is 11.3. The molecule has 0 bridgehead atoms. The molecule has 1 fully saturated rings. The molecule has 6 heteroatoms. The largest absolute Gasteiger partial charge is 0.507 e. The Morgan fingerprint density at radius 2 is 1.69 bits per heavy atom. The van der Waals surface area contributed by atoms with Crippen LogP contribution in [0.4, 0.5) is 5.69 Å². The maximum absolute atomic E-state index is 13.5. The third-order valence-electron chi connectivity index (χ3n) is 6.40. The second-order valence-electron chi connectivity index (χ2n) is 9.09. The summed E-state index contributed by atoms with van der Waals surface area (Å²) in [6.45, 7) is 8.45. The van der Waals surface area contributed by atoms with Gasteiger partial charge in [0.25, 0.3) is 11.7 Å². The lowest BCUT2D eigenvalue weighted by Gasteiger charge is -2.26. The van der Waals surface area contributed by atoms with Crippen molar-refractivity contribution < 1.29 is 24.2 Å². The maximum atomic E-state index is 13.5. The Bertz CT molecular complexity index is 1320. The van der Waals surface area contributed by atoms with Crippen LogP contribution in [-0.2, 0) is 9.59 Å². The summed E-state index contributed by atoms with van der Waals surface area (Å²) >= 11 is 0. The Hall–Kier alpha value is -4.06. The number of carbonyl (C=O) groups is 2. The van der Waals surface area contributed by atoms with E-state index in [0.717, 1.165) is 16.9 Å². The van der Waals surface area contributed by atoms with E-state index < -0.39 is 17.7 Å². The van der Waals surface area contributed by atoms with Crippen molar-refractivity contribution in [2.24, 2.45) is 0 Å². The number of ether oxygens (including phenoxy) is 2.